The molecule has 0 saturated heterocycles. The van der Waals surface area contributed by atoms with E-state index in [1.165, 1.54) is 0 Å². The summed E-state index contributed by atoms with van der Waals surface area (Å²) in [5.74, 6) is 1.09. The first-order valence-electron chi connectivity index (χ1n) is 6.18. The second-order valence-electron chi connectivity index (χ2n) is 4.36. The smallest absolute Gasteiger partial charge is 0.225 e. The molecule has 3 N–H and O–H groups in total. The molecule has 1 aromatic heterocycles. The van der Waals surface area contributed by atoms with E-state index in [-0.39, 0.29) is 5.84 Å². The van der Waals surface area contributed by atoms with Crippen LogP contribution in [0.15, 0.2) is 36.4 Å². The van der Waals surface area contributed by atoms with E-state index >= 15 is 0 Å². The predicted octanol–water partition coefficient (Wildman–Crippen LogP) is 2.26. The Morgan fingerprint density at radius 1 is 1.30 bits per heavy atom. The Morgan fingerprint density at radius 2 is 2.10 bits per heavy atom. The number of aromatic nitrogens is 1. The molecule has 1 aromatic carbocycles. The fourth-order valence-corrected chi connectivity index (χ4v) is 1.76. The summed E-state index contributed by atoms with van der Waals surface area (Å²) in [5, 5.41) is 7.53. The lowest BCUT2D eigenvalue weighted by atomic mass is 10.2. The standard InChI is InChI=1S/C15H17N3O2/c1-10-6-7-13(14(16)17)15(18-10)20-9-11-4-3-5-12(8-11)19-2/h3-8H,9H2,1-2H3,(H3,16,17). The highest BCUT2D eigenvalue weighted by molar-refractivity contribution is 5.97. The summed E-state index contributed by atoms with van der Waals surface area (Å²) in [7, 11) is 1.62. The molecule has 0 radical (unpaired) electrons. The number of nitrogens with zero attached hydrogens (tertiary/aromatic N) is 1. The third-order valence-electron chi connectivity index (χ3n) is 2.80. The number of hydrogen-bond acceptors (Lipinski definition) is 4. The van der Waals surface area contributed by atoms with Crippen LogP contribution in [0, 0.1) is 12.3 Å². The second kappa shape index (κ2) is 6.06. The number of nitrogen functional groups attached to an aromatic ring is 1. The molecule has 0 bridgehead atoms. The zero-order chi connectivity index (χ0) is 14.5. The summed E-state index contributed by atoms with van der Waals surface area (Å²) in [4.78, 5) is 4.28. The van der Waals surface area contributed by atoms with Gasteiger partial charge in [0, 0.05) is 5.69 Å². The van der Waals surface area contributed by atoms with Crippen LogP contribution in [0.2, 0.25) is 0 Å². The summed E-state index contributed by atoms with van der Waals surface area (Å²) in [6.07, 6.45) is 0. The summed E-state index contributed by atoms with van der Waals surface area (Å²) in [6.45, 7) is 2.20. The molecule has 0 aliphatic rings. The van der Waals surface area contributed by atoms with Gasteiger partial charge in [-0.2, -0.15) is 0 Å². The fraction of sp³-hybridized carbons (Fsp3) is 0.200. The van der Waals surface area contributed by atoms with Crippen LogP contribution in [-0.4, -0.2) is 17.9 Å². The van der Waals surface area contributed by atoms with Crippen LogP contribution in [0.3, 0.4) is 0 Å². The Labute approximate surface area is 117 Å². The molecule has 0 unspecified atom stereocenters. The van der Waals surface area contributed by atoms with Gasteiger partial charge in [-0.15, -0.1) is 0 Å². The highest BCUT2D eigenvalue weighted by Gasteiger charge is 2.09. The van der Waals surface area contributed by atoms with Crippen molar-refractivity contribution >= 4 is 5.84 Å². The van der Waals surface area contributed by atoms with E-state index in [9.17, 15) is 0 Å². The highest BCUT2D eigenvalue weighted by atomic mass is 16.5. The van der Waals surface area contributed by atoms with Gasteiger partial charge in [-0.25, -0.2) is 4.98 Å². The second-order valence-corrected chi connectivity index (χ2v) is 4.36. The normalized spacial score (nSPS) is 10.1. The van der Waals surface area contributed by atoms with Crippen LogP contribution in [-0.2, 0) is 6.61 Å². The van der Waals surface area contributed by atoms with Crippen LogP contribution in [0.5, 0.6) is 11.6 Å². The fourth-order valence-electron chi connectivity index (χ4n) is 1.76. The minimum absolute atomic E-state index is 0.0573. The van der Waals surface area contributed by atoms with Crippen molar-refractivity contribution in [3.05, 3.63) is 53.2 Å². The van der Waals surface area contributed by atoms with Gasteiger partial charge in [0.15, 0.2) is 0 Å². The minimum Gasteiger partial charge on any atom is -0.497 e. The van der Waals surface area contributed by atoms with Gasteiger partial charge >= 0.3 is 0 Å². The van der Waals surface area contributed by atoms with Crippen LogP contribution in [0.4, 0.5) is 0 Å². The first-order chi connectivity index (χ1) is 9.60. The molecule has 0 aliphatic heterocycles. The minimum atomic E-state index is -0.0573. The van der Waals surface area contributed by atoms with Crippen molar-refractivity contribution in [2.45, 2.75) is 13.5 Å². The van der Waals surface area contributed by atoms with Crippen molar-refractivity contribution in [1.29, 1.82) is 5.41 Å². The van der Waals surface area contributed by atoms with E-state index in [1.807, 2.05) is 31.2 Å². The van der Waals surface area contributed by atoms with Crippen LogP contribution in [0.1, 0.15) is 16.8 Å². The number of pyridine rings is 1. The Balaban J connectivity index is 2.17. The number of rotatable bonds is 5. The maximum Gasteiger partial charge on any atom is 0.225 e. The third kappa shape index (κ3) is 3.26. The zero-order valence-corrected chi connectivity index (χ0v) is 11.5. The number of amidine groups is 1. The van der Waals surface area contributed by atoms with Crippen LogP contribution >= 0.6 is 0 Å². The quantitative estimate of drug-likeness (QED) is 0.645. The molecule has 0 spiro atoms. The van der Waals surface area contributed by atoms with Crippen molar-refractivity contribution in [3.63, 3.8) is 0 Å². The third-order valence-corrected chi connectivity index (χ3v) is 2.80. The molecule has 5 nitrogen and oxygen atoms in total. The zero-order valence-electron chi connectivity index (χ0n) is 11.5. The maximum absolute atomic E-state index is 7.53. The van der Waals surface area contributed by atoms with E-state index in [0.717, 1.165) is 17.0 Å². The first kappa shape index (κ1) is 13.9. The molecule has 104 valence electrons. The summed E-state index contributed by atoms with van der Waals surface area (Å²) < 4.78 is 10.8. The number of nitrogens with two attached hydrogens (primary N) is 1. The SMILES string of the molecule is COc1cccc(COc2nc(C)ccc2C(=N)N)c1. The number of nitrogens with one attached hydrogen (secondary N) is 1. The number of benzene rings is 1. The largest absolute Gasteiger partial charge is 0.497 e. The molecule has 2 rings (SSSR count). The molecule has 0 fully saturated rings. The van der Waals surface area contributed by atoms with Gasteiger partial charge < -0.3 is 15.2 Å². The average Bonchev–Trinajstić information content (AvgIpc) is 2.45. The van der Waals surface area contributed by atoms with Crippen molar-refractivity contribution in [3.8, 4) is 11.6 Å². The van der Waals surface area contributed by atoms with Gasteiger partial charge in [-0.05, 0) is 36.8 Å². The molecular formula is C15H17N3O2. The van der Waals surface area contributed by atoms with Gasteiger partial charge in [0.05, 0.1) is 12.7 Å². The summed E-state index contributed by atoms with van der Waals surface area (Å²) in [6, 6.07) is 11.1. The van der Waals surface area contributed by atoms with Crippen molar-refractivity contribution in [2.24, 2.45) is 5.73 Å². The number of aryl methyl sites for hydroxylation is 1. The van der Waals surface area contributed by atoms with Gasteiger partial charge in [0.25, 0.3) is 0 Å². The first-order valence-corrected chi connectivity index (χ1v) is 6.18. The summed E-state index contributed by atoms with van der Waals surface area (Å²) >= 11 is 0. The van der Waals surface area contributed by atoms with E-state index in [0.29, 0.717) is 18.1 Å². The van der Waals surface area contributed by atoms with Crippen molar-refractivity contribution < 1.29 is 9.47 Å². The maximum atomic E-state index is 7.53. The molecular weight excluding hydrogens is 254 g/mol. The molecule has 5 heteroatoms. The van der Waals surface area contributed by atoms with Gasteiger partial charge in [0.1, 0.15) is 18.2 Å². The topological polar surface area (TPSA) is 81.2 Å². The van der Waals surface area contributed by atoms with Crippen molar-refractivity contribution in [1.82, 2.24) is 4.98 Å². The average molecular weight is 271 g/mol. The number of hydrogen-bond donors (Lipinski definition) is 2. The van der Waals surface area contributed by atoms with Crippen LogP contribution in [0.25, 0.3) is 0 Å². The highest BCUT2D eigenvalue weighted by Crippen LogP contribution is 2.19. The molecule has 0 aliphatic carbocycles. The van der Waals surface area contributed by atoms with Gasteiger partial charge in [-0.1, -0.05) is 12.1 Å². The molecule has 0 saturated carbocycles. The lowest BCUT2D eigenvalue weighted by molar-refractivity contribution is 0.292. The number of ether oxygens (including phenoxy) is 2. The summed E-state index contributed by atoms with van der Waals surface area (Å²) in [5.41, 5.74) is 7.80. The predicted molar refractivity (Wildman–Crippen MR) is 77.3 cm³/mol. The van der Waals surface area contributed by atoms with Crippen molar-refractivity contribution in [2.75, 3.05) is 7.11 Å². The number of methoxy groups -OCH3 is 1. The van der Waals surface area contributed by atoms with Gasteiger partial charge in [0.2, 0.25) is 5.88 Å². The molecule has 0 amide bonds. The van der Waals surface area contributed by atoms with E-state index in [2.05, 4.69) is 4.98 Å². The van der Waals surface area contributed by atoms with Gasteiger partial charge in [-0.3, -0.25) is 5.41 Å². The van der Waals surface area contributed by atoms with E-state index in [1.54, 1.807) is 19.2 Å². The lowest BCUT2D eigenvalue weighted by Crippen LogP contribution is -2.14. The molecule has 0 atom stereocenters. The van der Waals surface area contributed by atoms with E-state index < -0.39 is 0 Å². The monoisotopic (exact) mass is 271 g/mol. The lowest BCUT2D eigenvalue weighted by Gasteiger charge is -2.11. The molecule has 2 aromatic rings. The van der Waals surface area contributed by atoms with Crippen LogP contribution < -0.4 is 15.2 Å². The Kier molecular flexibility index (Phi) is 4.20. The molecule has 1 heterocycles. The Morgan fingerprint density at radius 3 is 2.80 bits per heavy atom. The Bertz CT molecular complexity index is 626. The Hall–Kier alpha value is -2.56. The molecule has 20 heavy (non-hydrogen) atoms. The van der Waals surface area contributed by atoms with E-state index in [4.69, 9.17) is 20.6 Å².